The van der Waals surface area contributed by atoms with Crippen molar-refractivity contribution in [1.82, 2.24) is 9.78 Å². The number of hydrogen-bond donors (Lipinski definition) is 1. The minimum Gasteiger partial charge on any atom is -0.324 e. The molecular formula is C15H18N4O. The zero-order valence-corrected chi connectivity index (χ0v) is 11.5. The Balaban J connectivity index is 2.03. The van der Waals surface area contributed by atoms with Crippen LogP contribution in [0.5, 0.6) is 0 Å². The number of rotatable bonds is 1. The van der Waals surface area contributed by atoms with Gasteiger partial charge in [0.2, 0.25) is 0 Å². The molecule has 3 rings (SSSR count). The molecule has 20 heavy (non-hydrogen) atoms. The normalized spacial score (nSPS) is 18.5. The van der Waals surface area contributed by atoms with Gasteiger partial charge in [-0.1, -0.05) is 18.2 Å². The third-order valence-electron chi connectivity index (χ3n) is 3.81. The van der Waals surface area contributed by atoms with Crippen LogP contribution in [-0.4, -0.2) is 22.2 Å². The molecule has 1 aromatic carbocycles. The molecule has 0 radical (unpaired) electrons. The molecule has 0 fully saturated rings. The molecule has 104 valence electrons. The summed E-state index contributed by atoms with van der Waals surface area (Å²) in [6, 6.07) is 9.63. The molecule has 1 aliphatic rings. The van der Waals surface area contributed by atoms with Crippen molar-refractivity contribution in [2.24, 2.45) is 12.8 Å². The Kier molecular flexibility index (Phi) is 3.28. The van der Waals surface area contributed by atoms with Gasteiger partial charge in [0.1, 0.15) is 5.69 Å². The smallest absolute Gasteiger partial charge is 0.276 e. The quantitative estimate of drug-likeness (QED) is 0.860. The second-order valence-electron chi connectivity index (χ2n) is 5.10. The topological polar surface area (TPSA) is 64.2 Å². The van der Waals surface area contributed by atoms with Gasteiger partial charge >= 0.3 is 0 Å². The van der Waals surface area contributed by atoms with Gasteiger partial charge in [-0.15, -0.1) is 0 Å². The van der Waals surface area contributed by atoms with E-state index in [0.717, 1.165) is 24.1 Å². The van der Waals surface area contributed by atoms with Crippen LogP contribution >= 0.6 is 0 Å². The van der Waals surface area contributed by atoms with Crippen LogP contribution in [0.15, 0.2) is 36.5 Å². The maximum Gasteiger partial charge on any atom is 0.276 e. The third-order valence-corrected chi connectivity index (χ3v) is 3.81. The summed E-state index contributed by atoms with van der Waals surface area (Å²) in [4.78, 5) is 14.5. The third kappa shape index (κ3) is 2.10. The highest BCUT2D eigenvalue weighted by atomic mass is 16.2. The number of carbonyl (C=O) groups excluding carboxylic acids is 1. The first kappa shape index (κ1) is 12.9. The van der Waals surface area contributed by atoms with Gasteiger partial charge in [-0.3, -0.25) is 9.48 Å². The summed E-state index contributed by atoms with van der Waals surface area (Å²) in [5.74, 6) is -0.0217. The van der Waals surface area contributed by atoms with E-state index in [9.17, 15) is 4.79 Å². The molecule has 0 bridgehead atoms. The summed E-state index contributed by atoms with van der Waals surface area (Å²) < 4.78 is 1.61. The van der Waals surface area contributed by atoms with Crippen LogP contribution in [0.3, 0.4) is 0 Å². The molecule has 1 unspecified atom stereocenters. The molecule has 1 atom stereocenters. The fourth-order valence-electron chi connectivity index (χ4n) is 2.73. The number of amides is 1. The largest absolute Gasteiger partial charge is 0.324 e. The summed E-state index contributed by atoms with van der Waals surface area (Å²) >= 11 is 0. The Hall–Kier alpha value is -2.14. The minimum atomic E-state index is -0.0217. The average molecular weight is 270 g/mol. The van der Waals surface area contributed by atoms with E-state index in [1.165, 1.54) is 0 Å². The van der Waals surface area contributed by atoms with Gasteiger partial charge < -0.3 is 10.6 Å². The number of aromatic nitrogens is 2. The predicted molar refractivity (Wildman–Crippen MR) is 77.5 cm³/mol. The van der Waals surface area contributed by atoms with E-state index >= 15 is 0 Å². The summed E-state index contributed by atoms with van der Waals surface area (Å²) in [6.45, 7) is 0.689. The maximum atomic E-state index is 12.7. The molecule has 2 aromatic rings. The zero-order chi connectivity index (χ0) is 14.1. The molecule has 0 spiro atoms. The Morgan fingerprint density at radius 1 is 1.35 bits per heavy atom. The Bertz CT molecular complexity index is 634. The standard InChI is InChI=1S/C15H18N4O/c1-18-14(8-9-17-18)15(20)19-10-4-6-12(16)11-5-2-3-7-13(11)19/h2-3,5,7-9,12H,4,6,10,16H2,1H3. The number of benzene rings is 1. The van der Waals surface area contributed by atoms with E-state index in [1.807, 2.05) is 29.2 Å². The van der Waals surface area contributed by atoms with Crippen LogP contribution < -0.4 is 10.6 Å². The van der Waals surface area contributed by atoms with Crippen molar-refractivity contribution in [2.75, 3.05) is 11.4 Å². The highest BCUT2D eigenvalue weighted by Crippen LogP contribution is 2.32. The maximum absolute atomic E-state index is 12.7. The summed E-state index contributed by atoms with van der Waals surface area (Å²) in [6.07, 6.45) is 3.44. The van der Waals surface area contributed by atoms with Crippen molar-refractivity contribution in [1.29, 1.82) is 0 Å². The number of fused-ring (bicyclic) bond motifs is 1. The lowest BCUT2D eigenvalue weighted by molar-refractivity contribution is 0.0978. The number of nitrogens with two attached hydrogens (primary N) is 1. The van der Waals surface area contributed by atoms with Crippen molar-refractivity contribution in [3.8, 4) is 0 Å². The number of carbonyl (C=O) groups is 1. The molecule has 2 N–H and O–H groups in total. The van der Waals surface area contributed by atoms with Gasteiger partial charge in [0, 0.05) is 31.5 Å². The van der Waals surface area contributed by atoms with E-state index in [0.29, 0.717) is 12.2 Å². The molecule has 0 saturated carbocycles. The van der Waals surface area contributed by atoms with E-state index in [-0.39, 0.29) is 11.9 Å². The number of aryl methyl sites for hydroxylation is 1. The van der Waals surface area contributed by atoms with Crippen LogP contribution in [0.2, 0.25) is 0 Å². The van der Waals surface area contributed by atoms with Crippen molar-refractivity contribution in [3.63, 3.8) is 0 Å². The van der Waals surface area contributed by atoms with Crippen molar-refractivity contribution < 1.29 is 4.79 Å². The number of para-hydroxylation sites is 1. The van der Waals surface area contributed by atoms with E-state index in [2.05, 4.69) is 5.10 Å². The van der Waals surface area contributed by atoms with Gasteiger partial charge in [0.15, 0.2) is 0 Å². The first-order valence-corrected chi connectivity index (χ1v) is 6.83. The molecule has 2 heterocycles. The van der Waals surface area contributed by atoms with E-state index in [1.54, 1.807) is 24.0 Å². The predicted octanol–water partition coefficient (Wildman–Crippen LogP) is 1.86. The average Bonchev–Trinajstić information content (AvgIpc) is 2.81. The molecular weight excluding hydrogens is 252 g/mol. The second-order valence-corrected chi connectivity index (χ2v) is 5.10. The molecule has 1 aliphatic heterocycles. The molecule has 5 nitrogen and oxygen atoms in total. The van der Waals surface area contributed by atoms with Crippen molar-refractivity contribution >= 4 is 11.6 Å². The highest BCUT2D eigenvalue weighted by Gasteiger charge is 2.26. The molecule has 1 aromatic heterocycles. The van der Waals surface area contributed by atoms with Crippen LogP contribution in [0.4, 0.5) is 5.69 Å². The first-order chi connectivity index (χ1) is 9.68. The first-order valence-electron chi connectivity index (χ1n) is 6.83. The summed E-state index contributed by atoms with van der Waals surface area (Å²) in [7, 11) is 1.78. The van der Waals surface area contributed by atoms with Crippen molar-refractivity contribution in [3.05, 3.63) is 47.8 Å². The monoisotopic (exact) mass is 270 g/mol. The van der Waals surface area contributed by atoms with Gasteiger partial charge in [-0.2, -0.15) is 5.10 Å². The van der Waals surface area contributed by atoms with Crippen LogP contribution in [-0.2, 0) is 7.05 Å². The SMILES string of the molecule is Cn1nccc1C(=O)N1CCCC(N)c2ccccc21. The van der Waals surface area contributed by atoms with Crippen molar-refractivity contribution in [2.45, 2.75) is 18.9 Å². The number of hydrogen-bond acceptors (Lipinski definition) is 3. The van der Waals surface area contributed by atoms with Crippen LogP contribution in [0.1, 0.15) is 34.9 Å². The van der Waals surface area contributed by atoms with E-state index in [4.69, 9.17) is 5.73 Å². The van der Waals surface area contributed by atoms with Gasteiger partial charge in [0.05, 0.1) is 0 Å². The van der Waals surface area contributed by atoms with Crippen LogP contribution in [0, 0.1) is 0 Å². The minimum absolute atomic E-state index is 0.00413. The Morgan fingerprint density at radius 3 is 2.90 bits per heavy atom. The Labute approximate surface area is 118 Å². The van der Waals surface area contributed by atoms with Gasteiger partial charge in [-0.25, -0.2) is 0 Å². The van der Waals surface area contributed by atoms with Crippen LogP contribution in [0.25, 0.3) is 0 Å². The fraction of sp³-hybridized carbons (Fsp3) is 0.333. The second kappa shape index (κ2) is 5.09. The molecule has 1 amide bonds. The fourth-order valence-corrected chi connectivity index (χ4v) is 2.73. The lowest BCUT2D eigenvalue weighted by atomic mass is 10.0. The lowest BCUT2D eigenvalue weighted by Crippen LogP contribution is -2.33. The van der Waals surface area contributed by atoms with Gasteiger partial charge in [0.25, 0.3) is 5.91 Å². The van der Waals surface area contributed by atoms with E-state index < -0.39 is 0 Å². The number of anilines is 1. The summed E-state index contributed by atoms with van der Waals surface area (Å²) in [5, 5.41) is 4.07. The molecule has 0 saturated heterocycles. The highest BCUT2D eigenvalue weighted by molar-refractivity contribution is 6.05. The molecule has 0 aliphatic carbocycles. The summed E-state index contributed by atoms with van der Waals surface area (Å²) in [5.41, 5.74) is 8.76. The molecule has 5 heteroatoms. The number of nitrogens with zero attached hydrogens (tertiary/aromatic N) is 3. The lowest BCUT2D eigenvalue weighted by Gasteiger charge is -2.23. The zero-order valence-electron chi connectivity index (χ0n) is 11.5. The van der Waals surface area contributed by atoms with Gasteiger partial charge in [-0.05, 0) is 30.5 Å². The Morgan fingerprint density at radius 2 is 2.15 bits per heavy atom.